The first-order valence-electron chi connectivity index (χ1n) is 5.57. The second-order valence-corrected chi connectivity index (χ2v) is 8.52. The number of aromatic nitrogens is 1. The molecule has 2 nitrogen and oxygen atoms in total. The normalized spacial score (nSPS) is 14.2. The van der Waals surface area contributed by atoms with Gasteiger partial charge in [-0.2, -0.15) is 0 Å². The van der Waals surface area contributed by atoms with Crippen LogP contribution in [-0.4, -0.2) is 14.0 Å². The van der Waals surface area contributed by atoms with Gasteiger partial charge in [0.25, 0.3) is 0 Å². The van der Waals surface area contributed by atoms with Crippen LogP contribution in [0.5, 0.6) is 0 Å². The van der Waals surface area contributed by atoms with Crippen molar-refractivity contribution in [3.8, 4) is 0 Å². The van der Waals surface area contributed by atoms with E-state index in [9.17, 15) is 0 Å². The van der Waals surface area contributed by atoms with Gasteiger partial charge in [-0.15, -0.1) is 0 Å². The molecule has 1 aromatic rings. The van der Waals surface area contributed by atoms with E-state index >= 15 is 0 Å². The van der Waals surface area contributed by atoms with Gasteiger partial charge in [-0.05, 0) is 52.1 Å². The summed E-state index contributed by atoms with van der Waals surface area (Å²) in [5, 5.41) is 0. The standard InChI is InChI=1S/C12H20BrNOSi/c1-12(2,3)11(15-16(4)5)9-6-7-14-10(13)8-9/h6-8,11,16H,1-5H3. The SMILES string of the molecule is C[SiH](C)OC(c1ccnc(Br)c1)C(C)(C)C. The quantitative estimate of drug-likeness (QED) is 0.623. The molecular weight excluding hydrogens is 282 g/mol. The van der Waals surface area contributed by atoms with Gasteiger partial charge < -0.3 is 4.43 Å². The van der Waals surface area contributed by atoms with E-state index in [1.807, 2.05) is 18.3 Å². The third kappa shape index (κ3) is 4.00. The highest BCUT2D eigenvalue weighted by Gasteiger charge is 2.28. The zero-order chi connectivity index (χ0) is 12.3. The molecule has 1 heterocycles. The Morgan fingerprint density at radius 3 is 2.44 bits per heavy atom. The van der Waals surface area contributed by atoms with Crippen molar-refractivity contribution >= 4 is 25.0 Å². The smallest absolute Gasteiger partial charge is 0.171 e. The lowest BCUT2D eigenvalue weighted by Gasteiger charge is -2.33. The number of pyridine rings is 1. The van der Waals surface area contributed by atoms with E-state index in [-0.39, 0.29) is 11.5 Å². The third-order valence-corrected chi connectivity index (χ3v) is 3.50. The lowest BCUT2D eigenvalue weighted by molar-refractivity contribution is 0.0865. The maximum atomic E-state index is 6.15. The Kier molecular flexibility index (Phi) is 4.70. The summed E-state index contributed by atoms with van der Waals surface area (Å²) in [4.78, 5) is 4.16. The van der Waals surface area contributed by atoms with Crippen molar-refractivity contribution in [3.63, 3.8) is 0 Å². The summed E-state index contributed by atoms with van der Waals surface area (Å²) < 4.78 is 7.01. The van der Waals surface area contributed by atoms with Gasteiger partial charge in [0.15, 0.2) is 9.04 Å². The van der Waals surface area contributed by atoms with Crippen LogP contribution in [0.4, 0.5) is 0 Å². The third-order valence-electron chi connectivity index (χ3n) is 2.25. The average molecular weight is 302 g/mol. The van der Waals surface area contributed by atoms with Gasteiger partial charge in [-0.25, -0.2) is 4.98 Å². The van der Waals surface area contributed by atoms with Gasteiger partial charge in [-0.3, -0.25) is 0 Å². The summed E-state index contributed by atoms with van der Waals surface area (Å²) in [6, 6.07) is 4.09. The van der Waals surface area contributed by atoms with Crippen LogP contribution < -0.4 is 0 Å². The lowest BCUT2D eigenvalue weighted by atomic mass is 9.85. The Labute approximate surface area is 108 Å². The topological polar surface area (TPSA) is 22.1 Å². The summed E-state index contributed by atoms with van der Waals surface area (Å²) in [5.74, 6) is 0. The van der Waals surface area contributed by atoms with E-state index in [0.717, 1.165) is 4.60 Å². The Hall–Kier alpha value is -0.193. The lowest BCUT2D eigenvalue weighted by Crippen LogP contribution is -2.25. The number of hydrogen-bond donors (Lipinski definition) is 0. The second-order valence-electron chi connectivity index (χ2n) is 5.34. The van der Waals surface area contributed by atoms with Crippen LogP contribution in [0.3, 0.4) is 0 Å². The van der Waals surface area contributed by atoms with E-state index in [0.29, 0.717) is 0 Å². The van der Waals surface area contributed by atoms with Gasteiger partial charge in [0, 0.05) is 6.20 Å². The van der Waals surface area contributed by atoms with Crippen LogP contribution in [-0.2, 0) is 4.43 Å². The van der Waals surface area contributed by atoms with Crippen molar-refractivity contribution in [2.45, 2.75) is 40.0 Å². The molecule has 0 radical (unpaired) electrons. The van der Waals surface area contributed by atoms with Crippen LogP contribution >= 0.6 is 15.9 Å². The molecule has 16 heavy (non-hydrogen) atoms. The van der Waals surface area contributed by atoms with Gasteiger partial charge in [0.2, 0.25) is 0 Å². The highest BCUT2D eigenvalue weighted by Crippen LogP contribution is 2.36. The molecule has 1 rings (SSSR count). The molecule has 90 valence electrons. The van der Waals surface area contributed by atoms with Crippen molar-refractivity contribution in [1.29, 1.82) is 0 Å². The predicted octanol–water partition coefficient (Wildman–Crippen LogP) is 3.93. The molecule has 1 unspecified atom stereocenters. The van der Waals surface area contributed by atoms with E-state index in [1.165, 1.54) is 5.56 Å². The molecule has 1 atom stereocenters. The molecule has 0 aromatic carbocycles. The Bertz CT molecular complexity index is 349. The molecule has 0 aliphatic carbocycles. The highest BCUT2D eigenvalue weighted by molar-refractivity contribution is 9.10. The zero-order valence-corrected chi connectivity index (χ0v) is 13.4. The molecule has 0 amide bonds. The average Bonchev–Trinajstić information content (AvgIpc) is 2.12. The predicted molar refractivity (Wildman–Crippen MR) is 74.1 cm³/mol. The molecule has 0 N–H and O–H groups in total. The first-order valence-corrected chi connectivity index (χ1v) is 9.15. The van der Waals surface area contributed by atoms with E-state index < -0.39 is 9.04 Å². The van der Waals surface area contributed by atoms with Crippen LogP contribution in [0.25, 0.3) is 0 Å². The minimum absolute atomic E-state index is 0.109. The van der Waals surface area contributed by atoms with Crippen LogP contribution in [0, 0.1) is 5.41 Å². The summed E-state index contributed by atoms with van der Waals surface area (Å²) >= 11 is 3.41. The molecule has 0 bridgehead atoms. The molecule has 0 fully saturated rings. The fourth-order valence-electron chi connectivity index (χ4n) is 1.64. The van der Waals surface area contributed by atoms with Crippen LogP contribution in [0.2, 0.25) is 13.1 Å². The monoisotopic (exact) mass is 301 g/mol. The van der Waals surface area contributed by atoms with Gasteiger partial charge in [-0.1, -0.05) is 20.8 Å². The first-order chi connectivity index (χ1) is 7.30. The Morgan fingerprint density at radius 2 is 2.00 bits per heavy atom. The van der Waals surface area contributed by atoms with Crippen LogP contribution in [0.1, 0.15) is 32.4 Å². The molecule has 1 aromatic heterocycles. The van der Waals surface area contributed by atoms with Crippen molar-refractivity contribution in [2.75, 3.05) is 0 Å². The summed E-state index contributed by atoms with van der Waals surface area (Å²) in [6.45, 7) is 11.0. The fourth-order valence-corrected chi connectivity index (χ4v) is 3.13. The van der Waals surface area contributed by atoms with Crippen LogP contribution in [0.15, 0.2) is 22.9 Å². The molecule has 0 saturated heterocycles. The summed E-state index contributed by atoms with van der Waals surface area (Å²) in [6.07, 6.45) is 1.97. The largest absolute Gasteiger partial charge is 0.413 e. The molecule has 0 spiro atoms. The highest BCUT2D eigenvalue weighted by atomic mass is 79.9. The van der Waals surface area contributed by atoms with Crippen molar-refractivity contribution in [3.05, 3.63) is 28.5 Å². The molecule has 0 saturated carbocycles. The zero-order valence-electron chi connectivity index (χ0n) is 10.6. The number of rotatable bonds is 3. The molecule has 0 aliphatic rings. The second kappa shape index (κ2) is 5.43. The van der Waals surface area contributed by atoms with Crippen molar-refractivity contribution in [2.24, 2.45) is 5.41 Å². The summed E-state index contributed by atoms with van der Waals surface area (Å²) in [7, 11) is -1.05. The van der Waals surface area contributed by atoms with Gasteiger partial charge in [0.1, 0.15) is 4.60 Å². The minimum Gasteiger partial charge on any atom is -0.413 e. The molecule has 0 aliphatic heterocycles. The minimum atomic E-state index is -1.05. The van der Waals surface area contributed by atoms with E-state index in [1.54, 1.807) is 0 Å². The summed E-state index contributed by atoms with van der Waals surface area (Å²) in [5.41, 5.74) is 1.31. The maximum Gasteiger partial charge on any atom is 0.171 e. The number of nitrogens with zero attached hydrogens (tertiary/aromatic N) is 1. The van der Waals surface area contributed by atoms with Crippen molar-refractivity contribution in [1.82, 2.24) is 4.98 Å². The Balaban J connectivity index is 3.01. The van der Waals surface area contributed by atoms with Crippen molar-refractivity contribution < 1.29 is 4.43 Å². The van der Waals surface area contributed by atoms with E-state index in [4.69, 9.17) is 4.43 Å². The molecule has 4 heteroatoms. The molecular formula is C12H20BrNOSi. The Morgan fingerprint density at radius 1 is 1.38 bits per heavy atom. The first kappa shape index (κ1) is 13.9. The fraction of sp³-hybridized carbons (Fsp3) is 0.583. The van der Waals surface area contributed by atoms with Gasteiger partial charge in [0.05, 0.1) is 6.10 Å². The van der Waals surface area contributed by atoms with E-state index in [2.05, 4.69) is 54.8 Å². The number of hydrogen-bond acceptors (Lipinski definition) is 2. The maximum absolute atomic E-state index is 6.15. The van der Waals surface area contributed by atoms with Gasteiger partial charge >= 0.3 is 0 Å². The number of halogens is 1.